The summed E-state index contributed by atoms with van der Waals surface area (Å²) in [4.78, 5) is 0. The van der Waals surface area contributed by atoms with E-state index in [2.05, 4.69) is 37.5 Å². The van der Waals surface area contributed by atoms with Crippen LogP contribution in [-0.4, -0.2) is 27.2 Å². The van der Waals surface area contributed by atoms with E-state index in [1.54, 1.807) is 7.11 Å². The molecular weight excluding hydrogens is 224 g/mol. The molecule has 1 aromatic carbocycles. The fourth-order valence-electron chi connectivity index (χ4n) is 2.19. The maximum atomic E-state index is 5.39. The van der Waals surface area contributed by atoms with Gasteiger partial charge in [-0.25, -0.2) is 0 Å². The molecule has 0 heterocycles. The summed E-state index contributed by atoms with van der Waals surface area (Å²) in [5.41, 5.74) is 5.29. The van der Waals surface area contributed by atoms with Crippen molar-refractivity contribution in [1.82, 2.24) is 10.6 Å². The Labute approximate surface area is 111 Å². The molecule has 3 nitrogen and oxygen atoms in total. The SMILES string of the molecule is CNCCCNCc1c(C)cc(OC)c(C)c1C. The molecule has 0 saturated carbocycles. The molecule has 18 heavy (non-hydrogen) atoms. The second-order valence-corrected chi connectivity index (χ2v) is 4.76. The number of rotatable bonds is 7. The third-order valence-electron chi connectivity index (χ3n) is 3.51. The van der Waals surface area contributed by atoms with Crippen LogP contribution in [0.3, 0.4) is 0 Å². The second kappa shape index (κ2) is 7.39. The first-order valence-electron chi connectivity index (χ1n) is 6.60. The molecule has 2 N–H and O–H groups in total. The largest absolute Gasteiger partial charge is 0.496 e. The van der Waals surface area contributed by atoms with Crippen LogP contribution in [0.1, 0.15) is 28.7 Å². The Balaban J connectivity index is 2.68. The van der Waals surface area contributed by atoms with Gasteiger partial charge >= 0.3 is 0 Å². The molecule has 0 radical (unpaired) electrons. The lowest BCUT2D eigenvalue weighted by molar-refractivity contribution is 0.410. The zero-order valence-electron chi connectivity index (χ0n) is 12.3. The fraction of sp³-hybridized carbons (Fsp3) is 0.600. The van der Waals surface area contributed by atoms with Crippen LogP contribution in [-0.2, 0) is 6.54 Å². The highest BCUT2D eigenvalue weighted by Crippen LogP contribution is 2.27. The van der Waals surface area contributed by atoms with Crippen LogP contribution in [0, 0.1) is 20.8 Å². The van der Waals surface area contributed by atoms with Gasteiger partial charge in [0.05, 0.1) is 7.11 Å². The number of hydrogen-bond donors (Lipinski definition) is 2. The molecule has 3 heteroatoms. The lowest BCUT2D eigenvalue weighted by Crippen LogP contribution is -2.20. The monoisotopic (exact) mass is 250 g/mol. The van der Waals surface area contributed by atoms with Crippen molar-refractivity contribution in [3.63, 3.8) is 0 Å². The Kier molecular flexibility index (Phi) is 6.16. The molecule has 0 aliphatic carbocycles. The summed E-state index contributed by atoms with van der Waals surface area (Å²) in [5.74, 6) is 0.990. The minimum absolute atomic E-state index is 0.937. The Morgan fingerprint density at radius 3 is 2.44 bits per heavy atom. The van der Waals surface area contributed by atoms with Gasteiger partial charge in [-0.3, -0.25) is 0 Å². The van der Waals surface area contributed by atoms with Crippen molar-refractivity contribution >= 4 is 0 Å². The standard InChI is InChI=1S/C15H26N2O/c1-11-9-15(18-5)13(3)12(2)14(11)10-17-8-6-7-16-4/h9,16-17H,6-8,10H2,1-5H3. The van der Waals surface area contributed by atoms with E-state index in [-0.39, 0.29) is 0 Å². The molecule has 1 aromatic rings. The van der Waals surface area contributed by atoms with E-state index in [0.717, 1.165) is 31.8 Å². The van der Waals surface area contributed by atoms with Crippen LogP contribution < -0.4 is 15.4 Å². The number of ether oxygens (including phenoxy) is 1. The van der Waals surface area contributed by atoms with Crippen molar-refractivity contribution in [2.45, 2.75) is 33.7 Å². The van der Waals surface area contributed by atoms with Crippen molar-refractivity contribution in [3.05, 3.63) is 28.3 Å². The van der Waals surface area contributed by atoms with Crippen molar-refractivity contribution in [3.8, 4) is 5.75 Å². The third kappa shape index (κ3) is 3.72. The summed E-state index contributed by atoms with van der Waals surface area (Å²) in [7, 11) is 3.72. The molecule has 1 rings (SSSR count). The molecule has 0 aromatic heterocycles. The van der Waals surface area contributed by atoms with Crippen molar-refractivity contribution in [1.29, 1.82) is 0 Å². The first kappa shape index (κ1) is 15.0. The van der Waals surface area contributed by atoms with E-state index in [1.807, 2.05) is 7.05 Å². The van der Waals surface area contributed by atoms with Crippen LogP contribution >= 0.6 is 0 Å². The van der Waals surface area contributed by atoms with Crippen molar-refractivity contribution < 1.29 is 4.74 Å². The minimum Gasteiger partial charge on any atom is -0.496 e. The van der Waals surface area contributed by atoms with Gasteiger partial charge in [0.15, 0.2) is 0 Å². The van der Waals surface area contributed by atoms with Gasteiger partial charge < -0.3 is 15.4 Å². The van der Waals surface area contributed by atoms with E-state index in [1.165, 1.54) is 22.3 Å². The molecule has 0 saturated heterocycles. The molecule has 0 aliphatic heterocycles. The highest BCUT2D eigenvalue weighted by atomic mass is 16.5. The number of nitrogens with one attached hydrogen (secondary N) is 2. The lowest BCUT2D eigenvalue weighted by atomic mass is 9.97. The first-order chi connectivity index (χ1) is 8.61. The lowest BCUT2D eigenvalue weighted by Gasteiger charge is -2.16. The topological polar surface area (TPSA) is 33.3 Å². The fourth-order valence-corrected chi connectivity index (χ4v) is 2.19. The van der Waals surface area contributed by atoms with Gasteiger partial charge in [0.1, 0.15) is 5.75 Å². The second-order valence-electron chi connectivity index (χ2n) is 4.76. The number of methoxy groups -OCH3 is 1. The van der Waals surface area contributed by atoms with Crippen LogP contribution in [0.25, 0.3) is 0 Å². The van der Waals surface area contributed by atoms with E-state index in [0.29, 0.717) is 0 Å². The van der Waals surface area contributed by atoms with E-state index >= 15 is 0 Å². The Morgan fingerprint density at radius 2 is 1.83 bits per heavy atom. The average Bonchev–Trinajstić information content (AvgIpc) is 2.37. The molecule has 0 unspecified atom stereocenters. The Hall–Kier alpha value is -1.06. The summed E-state index contributed by atoms with van der Waals surface area (Å²) in [5, 5.41) is 6.66. The minimum atomic E-state index is 0.937. The summed E-state index contributed by atoms with van der Waals surface area (Å²) >= 11 is 0. The molecule has 0 atom stereocenters. The third-order valence-corrected chi connectivity index (χ3v) is 3.51. The van der Waals surface area contributed by atoms with E-state index in [4.69, 9.17) is 4.74 Å². The molecule has 0 amide bonds. The van der Waals surface area contributed by atoms with Gasteiger partial charge in [-0.2, -0.15) is 0 Å². The normalized spacial score (nSPS) is 10.7. The Morgan fingerprint density at radius 1 is 1.11 bits per heavy atom. The molecular formula is C15H26N2O. The smallest absolute Gasteiger partial charge is 0.122 e. The number of benzene rings is 1. The van der Waals surface area contributed by atoms with Gasteiger partial charge in [-0.05, 0) is 75.6 Å². The van der Waals surface area contributed by atoms with Gasteiger partial charge in [-0.1, -0.05) is 0 Å². The summed E-state index contributed by atoms with van der Waals surface area (Å²) in [6.07, 6.45) is 1.16. The van der Waals surface area contributed by atoms with Crippen LogP contribution in [0.2, 0.25) is 0 Å². The summed E-state index contributed by atoms with van der Waals surface area (Å²) in [6, 6.07) is 2.13. The average molecular weight is 250 g/mol. The predicted octanol–water partition coefficient (Wildman–Crippen LogP) is 2.32. The maximum Gasteiger partial charge on any atom is 0.122 e. The maximum absolute atomic E-state index is 5.39. The highest BCUT2D eigenvalue weighted by Gasteiger charge is 2.09. The molecule has 102 valence electrons. The van der Waals surface area contributed by atoms with Gasteiger partial charge in [0, 0.05) is 6.54 Å². The van der Waals surface area contributed by atoms with E-state index in [9.17, 15) is 0 Å². The zero-order valence-corrected chi connectivity index (χ0v) is 12.3. The summed E-state index contributed by atoms with van der Waals surface area (Å²) < 4.78 is 5.39. The van der Waals surface area contributed by atoms with Crippen molar-refractivity contribution in [2.24, 2.45) is 0 Å². The van der Waals surface area contributed by atoms with E-state index < -0.39 is 0 Å². The van der Waals surface area contributed by atoms with Crippen molar-refractivity contribution in [2.75, 3.05) is 27.2 Å². The van der Waals surface area contributed by atoms with Crippen LogP contribution in [0.4, 0.5) is 0 Å². The first-order valence-corrected chi connectivity index (χ1v) is 6.60. The molecule has 0 bridgehead atoms. The zero-order chi connectivity index (χ0) is 13.5. The van der Waals surface area contributed by atoms with Gasteiger partial charge in [0.2, 0.25) is 0 Å². The number of hydrogen-bond acceptors (Lipinski definition) is 3. The van der Waals surface area contributed by atoms with Crippen LogP contribution in [0.15, 0.2) is 6.07 Å². The van der Waals surface area contributed by atoms with Gasteiger partial charge in [-0.15, -0.1) is 0 Å². The van der Waals surface area contributed by atoms with Gasteiger partial charge in [0.25, 0.3) is 0 Å². The molecule has 0 aliphatic rings. The number of aryl methyl sites for hydroxylation is 1. The quantitative estimate of drug-likeness (QED) is 0.729. The Bertz CT molecular complexity index is 389. The van der Waals surface area contributed by atoms with Crippen LogP contribution in [0.5, 0.6) is 5.75 Å². The molecule has 0 spiro atoms. The predicted molar refractivity (Wildman–Crippen MR) is 77.5 cm³/mol. The molecule has 0 fully saturated rings. The highest BCUT2D eigenvalue weighted by molar-refractivity contribution is 5.48. The summed E-state index contributed by atoms with van der Waals surface area (Å²) in [6.45, 7) is 9.50.